The summed E-state index contributed by atoms with van der Waals surface area (Å²) in [4.78, 5) is 16.3. The largest absolute Gasteiger partial charge is 0.490 e. The highest BCUT2D eigenvalue weighted by Gasteiger charge is 2.12. The molecule has 27 heavy (non-hydrogen) atoms. The monoisotopic (exact) mass is 387 g/mol. The van der Waals surface area contributed by atoms with Crippen molar-refractivity contribution >= 4 is 23.2 Å². The van der Waals surface area contributed by atoms with Crippen LogP contribution in [0, 0.1) is 19.7 Å². The zero-order valence-electron chi connectivity index (χ0n) is 15.2. The van der Waals surface area contributed by atoms with Gasteiger partial charge in [-0.15, -0.1) is 0 Å². The fraction of sp³-hybridized carbons (Fsp3) is 0.200. The van der Waals surface area contributed by atoms with Gasteiger partial charge >= 0.3 is 5.56 Å². The fourth-order valence-corrected chi connectivity index (χ4v) is 2.87. The molecule has 3 rings (SSSR count). The van der Waals surface area contributed by atoms with Gasteiger partial charge in [-0.2, -0.15) is 4.98 Å². The molecule has 3 aromatic rings. The van der Waals surface area contributed by atoms with E-state index in [-0.39, 0.29) is 11.6 Å². The van der Waals surface area contributed by atoms with E-state index in [1.807, 2.05) is 26.0 Å². The van der Waals surface area contributed by atoms with Crippen molar-refractivity contribution in [3.8, 4) is 5.75 Å². The molecular weight excluding hydrogens is 369 g/mol. The minimum Gasteiger partial charge on any atom is -0.490 e. The van der Waals surface area contributed by atoms with E-state index in [1.54, 1.807) is 22.9 Å². The summed E-state index contributed by atoms with van der Waals surface area (Å²) in [7, 11) is 1.42. The molecule has 0 amide bonds. The average Bonchev–Trinajstić information content (AvgIpc) is 2.63. The minimum absolute atomic E-state index is 0.131. The molecule has 0 spiro atoms. The lowest BCUT2D eigenvalue weighted by Crippen LogP contribution is -2.19. The molecule has 140 valence electrons. The van der Waals surface area contributed by atoms with E-state index >= 15 is 0 Å². The van der Waals surface area contributed by atoms with Gasteiger partial charge in [0.2, 0.25) is 11.7 Å². The Morgan fingerprint density at radius 2 is 1.89 bits per heavy atom. The molecule has 0 saturated heterocycles. The number of hydrogen-bond acceptors (Lipinski definition) is 4. The summed E-state index contributed by atoms with van der Waals surface area (Å²) < 4.78 is 20.0. The first-order chi connectivity index (χ1) is 12.9. The number of benzene rings is 2. The van der Waals surface area contributed by atoms with Crippen LogP contribution in [0.1, 0.15) is 16.7 Å². The molecule has 0 saturated carbocycles. The van der Waals surface area contributed by atoms with Gasteiger partial charge in [0, 0.05) is 10.7 Å². The second-order valence-electron chi connectivity index (χ2n) is 6.23. The maximum absolute atomic E-state index is 13.2. The maximum atomic E-state index is 13.2. The topological polar surface area (TPSA) is 56.1 Å². The Labute approximate surface area is 161 Å². The van der Waals surface area contributed by atoms with Crippen LogP contribution in [0.3, 0.4) is 0 Å². The van der Waals surface area contributed by atoms with Crippen molar-refractivity contribution in [2.24, 2.45) is 0 Å². The van der Waals surface area contributed by atoms with Crippen molar-refractivity contribution < 1.29 is 9.13 Å². The molecule has 0 atom stereocenters. The van der Waals surface area contributed by atoms with Gasteiger partial charge < -0.3 is 14.6 Å². The number of nitrogens with zero attached hydrogens (tertiary/aromatic N) is 2. The molecule has 7 heteroatoms. The van der Waals surface area contributed by atoms with E-state index in [2.05, 4.69) is 10.3 Å². The zero-order valence-corrected chi connectivity index (χ0v) is 16.0. The second kappa shape index (κ2) is 7.80. The van der Waals surface area contributed by atoms with Gasteiger partial charge in [0.05, 0.1) is 19.9 Å². The Bertz CT molecular complexity index is 1030. The van der Waals surface area contributed by atoms with Crippen LogP contribution in [0.25, 0.3) is 0 Å². The van der Waals surface area contributed by atoms with Crippen LogP contribution in [0.2, 0.25) is 5.02 Å². The van der Waals surface area contributed by atoms with E-state index < -0.39 is 5.56 Å². The van der Waals surface area contributed by atoms with Crippen molar-refractivity contribution in [2.75, 3.05) is 12.4 Å². The second-order valence-corrected chi connectivity index (χ2v) is 6.64. The standard InChI is InChI=1S/C20H19ClFN3O2/c1-12-9-17(13(2)8-16(12)21)23-20-24-19(26)18(27-3)11-25(20)10-14-4-6-15(22)7-5-14/h4-9,11H,10H2,1-3H3,(H,23,24,26). The van der Waals surface area contributed by atoms with E-state index in [1.165, 1.54) is 19.2 Å². The SMILES string of the molecule is COc1cn(Cc2ccc(F)cc2)c(Nc2cc(C)c(Cl)cc2C)nc1=O. The average molecular weight is 388 g/mol. The van der Waals surface area contributed by atoms with E-state index in [9.17, 15) is 9.18 Å². The molecule has 1 N–H and O–H groups in total. The molecule has 1 heterocycles. The molecule has 0 bridgehead atoms. The summed E-state index contributed by atoms with van der Waals surface area (Å²) in [6.45, 7) is 4.21. The lowest BCUT2D eigenvalue weighted by molar-refractivity contribution is 0.402. The Balaban J connectivity index is 2.03. The van der Waals surface area contributed by atoms with Gasteiger partial charge in [0.1, 0.15) is 5.82 Å². The lowest BCUT2D eigenvalue weighted by Gasteiger charge is -2.17. The molecule has 0 radical (unpaired) electrons. The Hall–Kier alpha value is -2.86. The number of aryl methyl sites for hydroxylation is 2. The van der Waals surface area contributed by atoms with E-state index in [0.29, 0.717) is 17.5 Å². The van der Waals surface area contributed by atoms with E-state index in [4.69, 9.17) is 16.3 Å². The van der Waals surface area contributed by atoms with Crippen LogP contribution in [0.5, 0.6) is 5.75 Å². The molecule has 0 aliphatic carbocycles. The summed E-state index contributed by atoms with van der Waals surface area (Å²) in [5.74, 6) is 0.182. The van der Waals surface area contributed by atoms with Gasteiger partial charge in [0.25, 0.3) is 0 Å². The number of ether oxygens (including phenoxy) is 1. The summed E-state index contributed by atoms with van der Waals surface area (Å²) in [6.07, 6.45) is 1.58. The Morgan fingerprint density at radius 1 is 1.19 bits per heavy atom. The summed E-state index contributed by atoms with van der Waals surface area (Å²) >= 11 is 6.16. The highest BCUT2D eigenvalue weighted by Crippen LogP contribution is 2.26. The van der Waals surface area contributed by atoms with Crippen LogP contribution in [-0.2, 0) is 6.54 Å². The number of anilines is 2. The maximum Gasteiger partial charge on any atom is 0.316 e. The van der Waals surface area contributed by atoms with Gasteiger partial charge in [0.15, 0.2) is 0 Å². The highest BCUT2D eigenvalue weighted by atomic mass is 35.5. The predicted molar refractivity (Wildman–Crippen MR) is 105 cm³/mol. The smallest absolute Gasteiger partial charge is 0.316 e. The first-order valence-electron chi connectivity index (χ1n) is 8.31. The van der Waals surface area contributed by atoms with Crippen LogP contribution in [0.4, 0.5) is 16.0 Å². The van der Waals surface area contributed by atoms with Gasteiger partial charge in [-0.25, -0.2) is 4.39 Å². The normalized spacial score (nSPS) is 10.7. The highest BCUT2D eigenvalue weighted by molar-refractivity contribution is 6.31. The van der Waals surface area contributed by atoms with Crippen LogP contribution >= 0.6 is 11.6 Å². The molecule has 0 aliphatic rings. The van der Waals surface area contributed by atoms with Crippen molar-refractivity contribution in [3.63, 3.8) is 0 Å². The third-order valence-electron chi connectivity index (χ3n) is 4.20. The molecule has 2 aromatic carbocycles. The van der Waals surface area contributed by atoms with Gasteiger partial charge in [-0.05, 0) is 54.8 Å². The van der Waals surface area contributed by atoms with Crippen molar-refractivity contribution in [3.05, 3.63) is 80.5 Å². The minimum atomic E-state index is -0.473. The first kappa shape index (κ1) is 18.9. The summed E-state index contributed by atoms with van der Waals surface area (Å²) in [5.41, 5.74) is 3.01. The fourth-order valence-electron chi connectivity index (χ4n) is 2.66. The first-order valence-corrected chi connectivity index (χ1v) is 8.69. The molecule has 0 unspecified atom stereocenters. The molecular formula is C20H19ClFN3O2. The number of aromatic nitrogens is 2. The predicted octanol–water partition coefficient (Wildman–Crippen LogP) is 4.45. The van der Waals surface area contributed by atoms with Crippen molar-refractivity contribution in [2.45, 2.75) is 20.4 Å². The number of nitrogens with one attached hydrogen (secondary N) is 1. The third-order valence-corrected chi connectivity index (χ3v) is 4.61. The number of hydrogen-bond donors (Lipinski definition) is 1. The Kier molecular flexibility index (Phi) is 5.46. The van der Waals surface area contributed by atoms with Gasteiger partial charge in [-0.1, -0.05) is 23.7 Å². The van der Waals surface area contributed by atoms with Crippen molar-refractivity contribution in [1.82, 2.24) is 9.55 Å². The summed E-state index contributed by atoms with van der Waals surface area (Å²) in [5, 5.41) is 3.87. The Morgan fingerprint density at radius 3 is 2.56 bits per heavy atom. The van der Waals surface area contributed by atoms with Crippen LogP contribution in [0.15, 0.2) is 47.4 Å². The third kappa shape index (κ3) is 4.28. The van der Waals surface area contributed by atoms with Crippen LogP contribution in [-0.4, -0.2) is 16.7 Å². The molecule has 1 aromatic heterocycles. The van der Waals surface area contributed by atoms with Crippen LogP contribution < -0.4 is 15.6 Å². The summed E-state index contributed by atoms with van der Waals surface area (Å²) in [6, 6.07) is 9.90. The number of halogens is 2. The lowest BCUT2D eigenvalue weighted by atomic mass is 10.1. The van der Waals surface area contributed by atoms with E-state index in [0.717, 1.165) is 22.4 Å². The molecule has 5 nitrogen and oxygen atoms in total. The van der Waals surface area contributed by atoms with Gasteiger partial charge in [-0.3, -0.25) is 4.79 Å². The zero-order chi connectivity index (χ0) is 19.6. The number of methoxy groups -OCH3 is 1. The number of rotatable bonds is 5. The molecule has 0 aliphatic heterocycles. The molecule has 0 fully saturated rings. The van der Waals surface area contributed by atoms with Crippen molar-refractivity contribution in [1.29, 1.82) is 0 Å². The quantitative estimate of drug-likeness (QED) is 0.702.